The Morgan fingerprint density at radius 3 is 2.07 bits per heavy atom. The fraction of sp³-hybridized carbons (Fsp3) is 0.263. The Morgan fingerprint density at radius 2 is 1.52 bits per heavy atom. The van der Waals surface area contributed by atoms with Gasteiger partial charge in [-0.2, -0.15) is 10.2 Å². The van der Waals surface area contributed by atoms with E-state index in [2.05, 4.69) is 21.1 Å². The van der Waals surface area contributed by atoms with Gasteiger partial charge in [-0.05, 0) is 24.3 Å². The number of rotatable bonds is 10. The van der Waals surface area contributed by atoms with Gasteiger partial charge in [-0.3, -0.25) is 10.9 Å². The van der Waals surface area contributed by atoms with Crippen LogP contribution >= 0.6 is 0 Å². The number of aliphatic hydroxyl groups excluding tert-OH is 3. The van der Waals surface area contributed by atoms with Crippen molar-refractivity contribution >= 4 is 23.3 Å². The maximum absolute atomic E-state index is 10.4. The van der Waals surface area contributed by atoms with Crippen LogP contribution < -0.4 is 10.9 Å². The first-order chi connectivity index (χ1) is 13.1. The van der Waals surface area contributed by atoms with Crippen LogP contribution in [0.3, 0.4) is 0 Å². The van der Waals surface area contributed by atoms with Gasteiger partial charge in [0.2, 0.25) is 0 Å². The molecule has 0 fully saturated rings. The zero-order valence-electron chi connectivity index (χ0n) is 14.9. The molecule has 0 radical (unpaired) electrons. The molecule has 0 amide bonds. The minimum Gasteiger partial charge on any atom is -0.388 e. The first kappa shape index (κ1) is 20.5. The van der Waals surface area contributed by atoms with Crippen molar-refractivity contribution in [3.05, 3.63) is 60.7 Å². The Kier molecular flexibility index (Phi) is 8.40. The van der Waals surface area contributed by atoms with Gasteiger partial charge >= 0.3 is 0 Å². The summed E-state index contributed by atoms with van der Waals surface area (Å²) in [4.78, 5) is 0. The minimum atomic E-state index is -1.50. The van der Waals surface area contributed by atoms with Crippen LogP contribution in [0.4, 0.5) is 11.4 Å². The van der Waals surface area contributed by atoms with Gasteiger partial charge < -0.3 is 20.1 Å². The number of hydrogen-bond acceptors (Lipinski definition) is 8. The van der Waals surface area contributed by atoms with Gasteiger partial charge in [-0.15, -0.1) is 0 Å². The molecule has 144 valence electrons. The third-order valence-electron chi connectivity index (χ3n) is 3.61. The highest BCUT2D eigenvalue weighted by atomic mass is 16.5. The van der Waals surface area contributed by atoms with E-state index in [-0.39, 0.29) is 12.3 Å². The standard InChI is InChI=1S/C19H24N4O4/c1-27-13-17(24)19(26)18(25)16(23-22-15-10-6-3-7-11-15)12-20-21-14-8-4-2-5-9-14/h2-12,17-19,21-22,24-26H,13H2,1H3. The number of nitrogens with one attached hydrogen (secondary N) is 2. The summed E-state index contributed by atoms with van der Waals surface area (Å²) in [6.07, 6.45) is -2.98. The second kappa shape index (κ2) is 11.0. The van der Waals surface area contributed by atoms with E-state index < -0.39 is 18.3 Å². The summed E-state index contributed by atoms with van der Waals surface area (Å²) in [5, 5.41) is 38.5. The van der Waals surface area contributed by atoms with Crippen LogP contribution in [0.15, 0.2) is 70.9 Å². The number of nitrogens with zero attached hydrogens (tertiary/aromatic N) is 2. The normalized spacial score (nSPS) is 15.3. The van der Waals surface area contributed by atoms with Gasteiger partial charge in [0.15, 0.2) is 0 Å². The van der Waals surface area contributed by atoms with Gasteiger partial charge in [0.25, 0.3) is 0 Å². The highest BCUT2D eigenvalue weighted by Crippen LogP contribution is 2.08. The highest BCUT2D eigenvalue weighted by molar-refractivity contribution is 6.33. The molecule has 0 saturated heterocycles. The monoisotopic (exact) mass is 372 g/mol. The number of benzene rings is 2. The average molecular weight is 372 g/mol. The van der Waals surface area contributed by atoms with Gasteiger partial charge in [0.05, 0.1) is 24.2 Å². The Hall–Kier alpha value is -2.78. The van der Waals surface area contributed by atoms with E-state index in [1.807, 2.05) is 48.5 Å². The van der Waals surface area contributed by atoms with E-state index in [4.69, 9.17) is 4.74 Å². The number of hydrogen-bond donors (Lipinski definition) is 5. The molecule has 3 unspecified atom stereocenters. The summed E-state index contributed by atoms with van der Waals surface area (Å²) in [5.74, 6) is 0. The third-order valence-corrected chi connectivity index (χ3v) is 3.61. The first-order valence-electron chi connectivity index (χ1n) is 8.37. The van der Waals surface area contributed by atoms with Crippen molar-refractivity contribution in [2.24, 2.45) is 10.2 Å². The van der Waals surface area contributed by atoms with E-state index >= 15 is 0 Å². The summed E-state index contributed by atoms with van der Waals surface area (Å²) in [7, 11) is 1.39. The number of para-hydroxylation sites is 2. The lowest BCUT2D eigenvalue weighted by molar-refractivity contribution is -0.0623. The summed E-state index contributed by atoms with van der Waals surface area (Å²) >= 11 is 0. The van der Waals surface area contributed by atoms with Crippen LogP contribution in [-0.2, 0) is 4.74 Å². The smallest absolute Gasteiger partial charge is 0.128 e. The maximum Gasteiger partial charge on any atom is 0.128 e. The van der Waals surface area contributed by atoms with Crippen molar-refractivity contribution in [2.45, 2.75) is 18.3 Å². The Labute approximate surface area is 157 Å². The summed E-state index contributed by atoms with van der Waals surface area (Å²) < 4.78 is 4.80. The number of methoxy groups -OCH3 is 1. The van der Waals surface area contributed by atoms with Gasteiger partial charge in [0, 0.05) is 7.11 Å². The van der Waals surface area contributed by atoms with Gasteiger partial charge in [-0.25, -0.2) is 0 Å². The molecule has 8 heteroatoms. The predicted molar refractivity (Wildman–Crippen MR) is 106 cm³/mol. The topological polar surface area (TPSA) is 119 Å². The zero-order valence-corrected chi connectivity index (χ0v) is 14.9. The summed E-state index contributed by atoms with van der Waals surface area (Å²) in [6, 6.07) is 18.3. The van der Waals surface area contributed by atoms with Crippen molar-refractivity contribution in [3.8, 4) is 0 Å². The lowest BCUT2D eigenvalue weighted by Gasteiger charge is -2.22. The molecule has 5 N–H and O–H groups in total. The van der Waals surface area contributed by atoms with E-state index in [0.29, 0.717) is 5.69 Å². The second-order valence-electron chi connectivity index (χ2n) is 5.71. The van der Waals surface area contributed by atoms with Crippen LogP contribution in [-0.4, -0.2) is 59.3 Å². The second-order valence-corrected chi connectivity index (χ2v) is 5.71. The van der Waals surface area contributed by atoms with E-state index in [9.17, 15) is 15.3 Å². The molecule has 27 heavy (non-hydrogen) atoms. The molecular weight excluding hydrogens is 348 g/mol. The van der Waals surface area contributed by atoms with Crippen molar-refractivity contribution < 1.29 is 20.1 Å². The third kappa shape index (κ3) is 6.80. The van der Waals surface area contributed by atoms with Crippen LogP contribution in [0, 0.1) is 0 Å². The summed E-state index contributed by atoms with van der Waals surface area (Å²) in [5.41, 5.74) is 7.06. The zero-order chi connectivity index (χ0) is 19.5. The first-order valence-corrected chi connectivity index (χ1v) is 8.37. The maximum atomic E-state index is 10.4. The molecule has 0 aliphatic heterocycles. The largest absolute Gasteiger partial charge is 0.388 e. The quantitative estimate of drug-likeness (QED) is 0.317. The fourth-order valence-corrected chi connectivity index (χ4v) is 2.15. The molecular formula is C19H24N4O4. The molecule has 2 aromatic carbocycles. The SMILES string of the molecule is COCC(O)C(O)C(O)C(C=NNc1ccccc1)=NNc1ccccc1. The van der Waals surface area contributed by atoms with E-state index in [1.165, 1.54) is 13.3 Å². The Bertz CT molecular complexity index is 725. The van der Waals surface area contributed by atoms with Crippen molar-refractivity contribution in [3.63, 3.8) is 0 Å². The molecule has 8 nitrogen and oxygen atoms in total. The van der Waals surface area contributed by atoms with E-state index in [1.54, 1.807) is 12.1 Å². The lowest BCUT2D eigenvalue weighted by atomic mass is 10.0. The van der Waals surface area contributed by atoms with Crippen LogP contribution in [0.25, 0.3) is 0 Å². The molecule has 0 aliphatic carbocycles. The molecule has 0 bridgehead atoms. The van der Waals surface area contributed by atoms with Gasteiger partial charge in [-0.1, -0.05) is 36.4 Å². The minimum absolute atomic E-state index is 0.0323. The molecule has 3 atom stereocenters. The molecule has 0 aliphatic rings. The Balaban J connectivity index is 2.13. The number of aliphatic hydroxyl groups is 3. The number of hydrazone groups is 2. The van der Waals surface area contributed by atoms with Crippen LogP contribution in [0.5, 0.6) is 0 Å². The molecule has 0 spiro atoms. The van der Waals surface area contributed by atoms with Crippen molar-refractivity contribution in [1.29, 1.82) is 0 Å². The average Bonchev–Trinajstić information content (AvgIpc) is 2.71. The molecule has 0 aromatic heterocycles. The number of anilines is 2. The van der Waals surface area contributed by atoms with Gasteiger partial charge in [0.1, 0.15) is 24.0 Å². The predicted octanol–water partition coefficient (Wildman–Crippen LogP) is 1.28. The van der Waals surface area contributed by atoms with E-state index in [0.717, 1.165) is 5.69 Å². The highest BCUT2D eigenvalue weighted by Gasteiger charge is 2.28. The van der Waals surface area contributed by atoms with Crippen LogP contribution in [0.1, 0.15) is 0 Å². The molecule has 0 heterocycles. The Morgan fingerprint density at radius 1 is 0.963 bits per heavy atom. The number of ether oxygens (including phenoxy) is 1. The fourth-order valence-electron chi connectivity index (χ4n) is 2.15. The van der Waals surface area contributed by atoms with Crippen LogP contribution in [0.2, 0.25) is 0 Å². The molecule has 2 rings (SSSR count). The van der Waals surface area contributed by atoms with Crippen molar-refractivity contribution in [2.75, 3.05) is 24.6 Å². The summed E-state index contributed by atoms with van der Waals surface area (Å²) in [6.45, 7) is -0.128. The van der Waals surface area contributed by atoms with Crippen molar-refractivity contribution in [1.82, 2.24) is 0 Å². The lowest BCUT2D eigenvalue weighted by Crippen LogP contribution is -2.45. The molecule has 2 aromatic rings. The molecule has 0 saturated carbocycles.